The largest absolute Gasteiger partial charge is 0.398 e. The van der Waals surface area contributed by atoms with Crippen LogP contribution in [0.2, 0.25) is 0 Å². The Kier molecular flexibility index (Phi) is 3.80. The fourth-order valence-corrected chi connectivity index (χ4v) is 2.52. The minimum atomic E-state index is -0.806. The first-order chi connectivity index (χ1) is 9.31. The molecule has 2 rings (SSSR count). The number of hydrogen-bond acceptors (Lipinski definition) is 4. The van der Waals surface area contributed by atoms with E-state index in [0.29, 0.717) is 21.3 Å². The van der Waals surface area contributed by atoms with Gasteiger partial charge in [-0.25, -0.2) is 0 Å². The highest BCUT2D eigenvalue weighted by molar-refractivity contribution is 9.10. The average Bonchev–Trinajstić information content (AvgIpc) is 2.61. The Hall–Kier alpha value is -1.89. The molecule has 0 aliphatic carbocycles. The number of carbonyl (C=O) groups excluding carboxylic acids is 3. The zero-order valence-electron chi connectivity index (χ0n) is 11.1. The molecule has 20 heavy (non-hydrogen) atoms. The van der Waals surface area contributed by atoms with Gasteiger partial charge >= 0.3 is 0 Å². The van der Waals surface area contributed by atoms with Gasteiger partial charge in [-0.2, -0.15) is 0 Å². The van der Waals surface area contributed by atoms with E-state index in [0.717, 1.165) is 4.90 Å². The molecule has 6 nitrogen and oxygen atoms in total. The van der Waals surface area contributed by atoms with E-state index < -0.39 is 17.9 Å². The second-order valence-electron chi connectivity index (χ2n) is 4.69. The Bertz CT molecular complexity index is 615. The monoisotopic (exact) mass is 339 g/mol. The van der Waals surface area contributed by atoms with Crippen LogP contribution in [0.5, 0.6) is 0 Å². The van der Waals surface area contributed by atoms with Crippen molar-refractivity contribution in [3.05, 3.63) is 27.7 Å². The van der Waals surface area contributed by atoms with Gasteiger partial charge in [0.2, 0.25) is 5.91 Å². The van der Waals surface area contributed by atoms with E-state index in [1.807, 2.05) is 0 Å². The second-order valence-corrected chi connectivity index (χ2v) is 5.60. The average molecular weight is 340 g/mol. The van der Waals surface area contributed by atoms with Gasteiger partial charge in [-0.3, -0.25) is 19.3 Å². The number of nitrogens with one attached hydrogen (secondary N) is 1. The number of likely N-dealkylation sites (N-methyl/N-ethyl adjacent to an activating group) is 1. The van der Waals surface area contributed by atoms with E-state index in [-0.39, 0.29) is 12.3 Å². The van der Waals surface area contributed by atoms with E-state index in [2.05, 4.69) is 21.2 Å². The van der Waals surface area contributed by atoms with Gasteiger partial charge in [0.25, 0.3) is 11.8 Å². The second kappa shape index (κ2) is 5.24. The van der Waals surface area contributed by atoms with Crippen LogP contribution in [-0.2, 0) is 9.59 Å². The first-order valence-electron chi connectivity index (χ1n) is 5.98. The van der Waals surface area contributed by atoms with Crippen molar-refractivity contribution in [3.8, 4) is 0 Å². The number of benzene rings is 1. The van der Waals surface area contributed by atoms with E-state index in [1.165, 1.54) is 7.05 Å². The third-order valence-corrected chi connectivity index (χ3v) is 3.80. The first-order valence-corrected chi connectivity index (χ1v) is 6.77. The Morgan fingerprint density at radius 1 is 1.45 bits per heavy atom. The van der Waals surface area contributed by atoms with E-state index in [9.17, 15) is 14.4 Å². The molecule has 1 saturated heterocycles. The molecule has 1 unspecified atom stereocenters. The summed E-state index contributed by atoms with van der Waals surface area (Å²) in [6, 6.07) is 2.52. The topological polar surface area (TPSA) is 92.5 Å². The van der Waals surface area contributed by atoms with Gasteiger partial charge in [0.1, 0.15) is 6.04 Å². The molecule has 0 radical (unpaired) electrons. The molecule has 1 atom stereocenters. The smallest absolute Gasteiger partial charge is 0.252 e. The summed E-state index contributed by atoms with van der Waals surface area (Å²) >= 11 is 3.27. The summed E-state index contributed by atoms with van der Waals surface area (Å²) in [5.41, 5.74) is 7.30. The van der Waals surface area contributed by atoms with Crippen molar-refractivity contribution in [3.63, 3.8) is 0 Å². The maximum absolute atomic E-state index is 12.2. The summed E-state index contributed by atoms with van der Waals surface area (Å²) in [4.78, 5) is 36.4. The molecule has 0 aromatic heterocycles. The molecule has 1 aromatic rings. The Labute approximate surface area is 124 Å². The summed E-state index contributed by atoms with van der Waals surface area (Å²) in [6.07, 6.45) is -0.0103. The number of nitrogens with two attached hydrogens (primary N) is 1. The van der Waals surface area contributed by atoms with Crippen LogP contribution in [0.4, 0.5) is 5.69 Å². The SMILES string of the molecule is Cc1c(N)cc(Br)cc1C(=O)NC1CC(=O)N(C)C1=O. The molecule has 1 fully saturated rings. The third-order valence-electron chi connectivity index (χ3n) is 3.34. The lowest BCUT2D eigenvalue weighted by Crippen LogP contribution is -2.40. The predicted molar refractivity (Wildman–Crippen MR) is 76.9 cm³/mol. The lowest BCUT2D eigenvalue weighted by atomic mass is 10.1. The lowest BCUT2D eigenvalue weighted by Gasteiger charge is -2.13. The maximum Gasteiger partial charge on any atom is 0.252 e. The van der Waals surface area contributed by atoms with Crippen molar-refractivity contribution >= 4 is 39.3 Å². The Balaban J connectivity index is 2.22. The van der Waals surface area contributed by atoms with Crippen LogP contribution >= 0.6 is 15.9 Å². The number of carbonyl (C=O) groups is 3. The zero-order valence-corrected chi connectivity index (χ0v) is 12.7. The molecule has 0 spiro atoms. The number of nitrogen functional groups attached to an aromatic ring is 1. The van der Waals surface area contributed by atoms with Gasteiger partial charge in [-0.1, -0.05) is 15.9 Å². The number of imide groups is 1. The molecule has 1 aromatic carbocycles. The maximum atomic E-state index is 12.2. The molecular weight excluding hydrogens is 326 g/mol. The standard InChI is InChI=1S/C13H14BrN3O3/c1-6-8(3-7(14)4-9(6)15)12(19)16-10-5-11(18)17(2)13(10)20/h3-4,10H,5,15H2,1-2H3,(H,16,19). The number of rotatable bonds is 2. The number of likely N-dealkylation sites (tertiary alicyclic amines) is 1. The van der Waals surface area contributed by atoms with Gasteiger partial charge in [0, 0.05) is 22.8 Å². The summed E-state index contributed by atoms with van der Waals surface area (Å²) in [7, 11) is 1.40. The van der Waals surface area contributed by atoms with E-state index in [1.54, 1.807) is 19.1 Å². The third kappa shape index (κ3) is 2.53. The predicted octanol–water partition coefficient (Wildman–Crippen LogP) is 0.827. The number of amides is 3. The van der Waals surface area contributed by atoms with Crippen LogP contribution in [0.3, 0.4) is 0 Å². The van der Waals surface area contributed by atoms with Gasteiger partial charge in [-0.15, -0.1) is 0 Å². The zero-order chi connectivity index (χ0) is 15.0. The summed E-state index contributed by atoms with van der Waals surface area (Å²) in [5, 5.41) is 2.57. The van der Waals surface area contributed by atoms with E-state index >= 15 is 0 Å². The number of hydrogen-bond donors (Lipinski definition) is 2. The van der Waals surface area contributed by atoms with Crippen LogP contribution < -0.4 is 11.1 Å². The van der Waals surface area contributed by atoms with Gasteiger partial charge in [0.15, 0.2) is 0 Å². The van der Waals surface area contributed by atoms with E-state index in [4.69, 9.17) is 5.73 Å². The summed E-state index contributed by atoms with van der Waals surface area (Å²) < 4.78 is 0.677. The number of halogens is 1. The number of anilines is 1. The van der Waals surface area contributed by atoms with Gasteiger partial charge in [-0.05, 0) is 24.6 Å². The van der Waals surface area contributed by atoms with Crippen molar-refractivity contribution in [1.29, 1.82) is 0 Å². The fraction of sp³-hybridized carbons (Fsp3) is 0.308. The van der Waals surface area contributed by atoms with Crippen LogP contribution in [-0.4, -0.2) is 35.7 Å². The Morgan fingerprint density at radius 3 is 2.65 bits per heavy atom. The minimum absolute atomic E-state index is 0.0103. The van der Waals surface area contributed by atoms with Crippen LogP contribution in [0.15, 0.2) is 16.6 Å². The highest BCUT2D eigenvalue weighted by atomic mass is 79.9. The highest BCUT2D eigenvalue weighted by Crippen LogP contribution is 2.23. The molecule has 1 heterocycles. The molecule has 1 aliphatic heterocycles. The first kappa shape index (κ1) is 14.5. The van der Waals surface area contributed by atoms with Crippen LogP contribution in [0.25, 0.3) is 0 Å². The minimum Gasteiger partial charge on any atom is -0.398 e. The van der Waals surface area contributed by atoms with Crippen LogP contribution in [0.1, 0.15) is 22.3 Å². The molecule has 0 saturated carbocycles. The molecule has 106 valence electrons. The van der Waals surface area contributed by atoms with Crippen LogP contribution in [0, 0.1) is 6.92 Å². The van der Waals surface area contributed by atoms with Gasteiger partial charge in [0.05, 0.1) is 6.42 Å². The quantitative estimate of drug-likeness (QED) is 0.616. The lowest BCUT2D eigenvalue weighted by molar-refractivity contribution is -0.137. The molecule has 1 aliphatic rings. The number of nitrogens with zero attached hydrogens (tertiary/aromatic N) is 1. The van der Waals surface area contributed by atoms with Crippen molar-refractivity contribution < 1.29 is 14.4 Å². The molecule has 3 N–H and O–H groups in total. The molecular formula is C13H14BrN3O3. The summed E-state index contributed by atoms with van der Waals surface area (Å²) in [6.45, 7) is 1.73. The molecule has 3 amide bonds. The normalized spacial score (nSPS) is 18.6. The van der Waals surface area contributed by atoms with Crippen molar-refractivity contribution in [2.75, 3.05) is 12.8 Å². The fourth-order valence-electron chi connectivity index (χ4n) is 2.04. The highest BCUT2D eigenvalue weighted by Gasteiger charge is 2.37. The van der Waals surface area contributed by atoms with Crippen molar-refractivity contribution in [2.45, 2.75) is 19.4 Å². The molecule has 0 bridgehead atoms. The van der Waals surface area contributed by atoms with Crippen molar-refractivity contribution in [2.24, 2.45) is 0 Å². The summed E-state index contributed by atoms with van der Waals surface area (Å²) in [5.74, 6) is -1.12. The van der Waals surface area contributed by atoms with Gasteiger partial charge < -0.3 is 11.1 Å². The Morgan fingerprint density at radius 2 is 2.10 bits per heavy atom. The molecule has 7 heteroatoms. The van der Waals surface area contributed by atoms with Crippen molar-refractivity contribution in [1.82, 2.24) is 10.2 Å².